The van der Waals surface area contributed by atoms with Crippen molar-refractivity contribution in [1.82, 2.24) is 0 Å². The highest BCUT2D eigenvalue weighted by Gasteiger charge is 2.62. The lowest BCUT2D eigenvalue weighted by atomic mass is 9.46. The average Bonchev–Trinajstić information content (AvgIpc) is 3.80. The zero-order valence-corrected chi connectivity index (χ0v) is 42.6. The van der Waals surface area contributed by atoms with Gasteiger partial charge in [0.1, 0.15) is 0 Å². The summed E-state index contributed by atoms with van der Waals surface area (Å²) in [5.74, 6) is 6.97. The Morgan fingerprint density at radius 2 is 1.02 bits per heavy atom. The first-order chi connectivity index (χ1) is 30.1. The molecule has 6 unspecified atom stereocenters. The minimum atomic E-state index is -0.647. The highest BCUT2D eigenvalue weighted by Crippen LogP contribution is 2.69. The fourth-order valence-electron chi connectivity index (χ4n) is 18.4. The van der Waals surface area contributed by atoms with Crippen LogP contribution < -0.4 is 0 Å². The number of aliphatic hydroxyl groups is 4. The molecule has 20 atom stereocenters. The van der Waals surface area contributed by atoms with Crippen molar-refractivity contribution in [3.8, 4) is 0 Å². The Bertz CT molecular complexity index is 1770. The molecule has 0 radical (unpaired) electrons. The third-order valence-corrected chi connectivity index (χ3v) is 22.2. The van der Waals surface area contributed by atoms with Crippen LogP contribution in [0, 0.1) is 105 Å². The van der Waals surface area contributed by atoms with Crippen molar-refractivity contribution >= 4 is 11.6 Å². The maximum absolute atomic E-state index is 12.1. The zero-order chi connectivity index (χ0) is 46.8. The summed E-state index contributed by atoms with van der Waals surface area (Å²) >= 11 is 0. The molecule has 0 aromatic rings. The van der Waals surface area contributed by atoms with Gasteiger partial charge in [0, 0.05) is 11.8 Å². The number of fused-ring (bicyclic) bond motifs is 10. The lowest BCUT2D eigenvalue weighted by Crippen LogP contribution is -2.52. The number of hydrogen-bond donors (Lipinski definition) is 4. The van der Waals surface area contributed by atoms with E-state index in [0.29, 0.717) is 53.1 Å². The Labute approximate surface area is 390 Å². The van der Waals surface area contributed by atoms with Crippen LogP contribution in [0.3, 0.4) is 0 Å². The summed E-state index contributed by atoms with van der Waals surface area (Å²) < 4.78 is 0. The van der Waals surface area contributed by atoms with Gasteiger partial charge in [-0.1, -0.05) is 113 Å². The number of ketones is 2. The maximum atomic E-state index is 12.1. The van der Waals surface area contributed by atoms with Crippen molar-refractivity contribution in [3.05, 3.63) is 35.5 Å². The van der Waals surface area contributed by atoms with Gasteiger partial charge in [0.15, 0.2) is 11.6 Å². The predicted molar refractivity (Wildman–Crippen MR) is 260 cm³/mol. The van der Waals surface area contributed by atoms with Gasteiger partial charge in [-0.25, -0.2) is 0 Å². The van der Waals surface area contributed by atoms with E-state index in [1.54, 1.807) is 6.08 Å². The molecule has 0 aliphatic heterocycles. The quantitative estimate of drug-likeness (QED) is 0.155. The molecule has 4 N–H and O–H groups in total. The van der Waals surface area contributed by atoms with Crippen LogP contribution in [0.25, 0.3) is 0 Å². The Balaban J connectivity index is 0.000000191. The molecule has 0 amide bonds. The number of rotatable bonds is 12. The van der Waals surface area contributed by atoms with Gasteiger partial charge in [0.05, 0.1) is 24.4 Å². The Morgan fingerprint density at radius 1 is 0.547 bits per heavy atom. The molecular formula is C58H94O6. The first-order valence-corrected chi connectivity index (χ1v) is 27.0. The van der Waals surface area contributed by atoms with Crippen molar-refractivity contribution in [3.63, 3.8) is 0 Å². The normalized spacial score (nSPS) is 42.8. The fraction of sp³-hybridized carbons (Fsp3) is 0.862. The van der Waals surface area contributed by atoms with E-state index in [4.69, 9.17) is 0 Å². The van der Waals surface area contributed by atoms with Crippen molar-refractivity contribution in [2.45, 2.75) is 210 Å². The van der Waals surface area contributed by atoms with E-state index in [2.05, 4.69) is 89.2 Å². The van der Waals surface area contributed by atoms with E-state index in [0.717, 1.165) is 50.4 Å². The molecule has 8 rings (SSSR count). The second-order valence-electron chi connectivity index (χ2n) is 25.3. The van der Waals surface area contributed by atoms with Gasteiger partial charge in [-0.15, -0.1) is 0 Å². The fourth-order valence-corrected chi connectivity index (χ4v) is 18.4. The van der Waals surface area contributed by atoms with Crippen LogP contribution in [0.2, 0.25) is 0 Å². The molecule has 6 saturated carbocycles. The van der Waals surface area contributed by atoms with Gasteiger partial charge in [-0.2, -0.15) is 0 Å². The molecule has 6 fully saturated rings. The lowest BCUT2D eigenvalue weighted by molar-refractivity contribution is -0.118. The number of carbonyl (C=O) groups excluding carboxylic acids is 2. The maximum Gasteiger partial charge on any atom is 0.178 e. The van der Waals surface area contributed by atoms with Crippen LogP contribution in [-0.2, 0) is 9.59 Å². The van der Waals surface area contributed by atoms with E-state index in [9.17, 15) is 30.0 Å². The van der Waals surface area contributed by atoms with Gasteiger partial charge < -0.3 is 20.4 Å². The largest absolute Gasteiger partial charge is 0.390 e. The second kappa shape index (κ2) is 19.1. The summed E-state index contributed by atoms with van der Waals surface area (Å²) in [5.41, 5.74) is 3.58. The predicted octanol–water partition coefficient (Wildman–Crippen LogP) is 12.1. The molecule has 0 aromatic heterocycles. The van der Waals surface area contributed by atoms with E-state index >= 15 is 0 Å². The summed E-state index contributed by atoms with van der Waals surface area (Å²) in [6.45, 7) is 27.1. The van der Waals surface area contributed by atoms with Crippen LogP contribution in [0.5, 0.6) is 0 Å². The molecule has 0 spiro atoms. The third-order valence-electron chi connectivity index (χ3n) is 22.2. The van der Waals surface area contributed by atoms with Crippen LogP contribution in [-0.4, -0.2) is 56.4 Å². The average molecular weight is 887 g/mol. The molecule has 0 saturated heterocycles. The molecule has 64 heavy (non-hydrogen) atoms. The minimum absolute atomic E-state index is 0.0448. The molecule has 8 aliphatic carbocycles. The topological polar surface area (TPSA) is 115 Å². The molecule has 0 aromatic carbocycles. The first kappa shape index (κ1) is 50.3. The second-order valence-corrected chi connectivity index (χ2v) is 25.3. The molecule has 8 aliphatic rings. The summed E-state index contributed by atoms with van der Waals surface area (Å²) in [6.07, 6.45) is 23.3. The third kappa shape index (κ3) is 8.49. The summed E-state index contributed by atoms with van der Waals surface area (Å²) in [6, 6.07) is 0. The molecule has 0 bridgehead atoms. The standard InChI is InChI=1S/C29H48O3.C29H46O3/c2*1-7-21(17(2)3)27(32)26(31)18(4)23-10-11-24-22-9-8-19-16-20(30)12-14-28(19,5)25(22)13-15-29(23,24)6/h16-18,21-27,31-32H,7-15H2,1-6H3;12,14,16-18,21-27,31-32H,7-11,13,15H2,1-6H3/t2*18-,21-,22?,23+,24?,25?,26-,27-,28-,29+/m00/s1. The lowest BCUT2D eigenvalue weighted by Gasteiger charge is -2.58. The van der Waals surface area contributed by atoms with Crippen LogP contribution in [0.15, 0.2) is 35.5 Å². The smallest absolute Gasteiger partial charge is 0.178 e. The summed E-state index contributed by atoms with van der Waals surface area (Å²) in [4.78, 5) is 24.1. The van der Waals surface area contributed by atoms with Crippen molar-refractivity contribution in [2.75, 3.05) is 0 Å². The Hall–Kier alpha value is -1.60. The number of aliphatic hydroxyl groups excluding tert-OH is 4. The van der Waals surface area contributed by atoms with Crippen molar-refractivity contribution in [2.24, 2.45) is 105 Å². The summed E-state index contributed by atoms with van der Waals surface area (Å²) in [5, 5.41) is 44.6. The molecular weight excluding hydrogens is 793 g/mol. The number of allylic oxidation sites excluding steroid dienone is 5. The monoisotopic (exact) mass is 887 g/mol. The van der Waals surface area contributed by atoms with E-state index in [-0.39, 0.29) is 51.1 Å². The van der Waals surface area contributed by atoms with Crippen LogP contribution >= 0.6 is 0 Å². The van der Waals surface area contributed by atoms with Gasteiger partial charge in [-0.05, 0) is 201 Å². The van der Waals surface area contributed by atoms with Gasteiger partial charge in [0.2, 0.25) is 0 Å². The van der Waals surface area contributed by atoms with Gasteiger partial charge >= 0.3 is 0 Å². The number of carbonyl (C=O) groups is 2. The summed E-state index contributed by atoms with van der Waals surface area (Å²) in [7, 11) is 0. The zero-order valence-electron chi connectivity index (χ0n) is 42.6. The van der Waals surface area contributed by atoms with Crippen LogP contribution in [0.1, 0.15) is 186 Å². The Morgan fingerprint density at radius 3 is 1.50 bits per heavy atom. The Kier molecular flexibility index (Phi) is 15.0. The highest BCUT2D eigenvalue weighted by molar-refractivity contribution is 6.01. The van der Waals surface area contributed by atoms with E-state index in [1.807, 2.05) is 12.2 Å². The van der Waals surface area contributed by atoms with E-state index < -0.39 is 24.4 Å². The van der Waals surface area contributed by atoms with Gasteiger partial charge in [-0.3, -0.25) is 9.59 Å². The molecule has 6 heteroatoms. The van der Waals surface area contributed by atoms with Crippen LogP contribution in [0.4, 0.5) is 0 Å². The van der Waals surface area contributed by atoms with Gasteiger partial charge in [0.25, 0.3) is 0 Å². The minimum Gasteiger partial charge on any atom is -0.390 e. The van der Waals surface area contributed by atoms with E-state index in [1.165, 1.54) is 75.4 Å². The number of hydrogen-bond acceptors (Lipinski definition) is 6. The molecule has 0 heterocycles. The molecule has 362 valence electrons. The van der Waals surface area contributed by atoms with Crippen molar-refractivity contribution < 1.29 is 30.0 Å². The first-order valence-electron chi connectivity index (χ1n) is 27.0. The SMILES string of the molecule is CC[C@@H](C(C)C)[C@H](O)[C@@H](O)[C@@H](C)[C@H]1CCC2C3CCC4=CC(=O)C=C[C@]4(C)C3CC[C@@]21C.CC[C@@H](C(C)C)[C@H](O)[C@@H](O)[C@@H](C)[C@H]1CCC2C3CCC4=CC(=O)CC[C@]4(C)C3CC[C@@]21C. The van der Waals surface area contributed by atoms with Crippen molar-refractivity contribution in [1.29, 1.82) is 0 Å². The highest BCUT2D eigenvalue weighted by atomic mass is 16.3. The molecule has 6 nitrogen and oxygen atoms in total.